The van der Waals surface area contributed by atoms with Crippen LogP contribution in [0.1, 0.15) is 33.6 Å². The van der Waals surface area contributed by atoms with Gasteiger partial charge in [-0.3, -0.25) is 0 Å². The number of rotatable bonds is 8. The van der Waals surface area contributed by atoms with Crippen LogP contribution in [0.15, 0.2) is 125 Å². The molecule has 1 aromatic heterocycles. The Hall–Kier alpha value is -4.51. The topological polar surface area (TPSA) is 56.1 Å². The predicted molar refractivity (Wildman–Crippen MR) is 163 cm³/mol. The first-order valence-electron chi connectivity index (χ1n) is 13.1. The number of aryl methyl sites for hydroxylation is 2. The van der Waals surface area contributed by atoms with Crippen LogP contribution in [0, 0.1) is 13.8 Å². The van der Waals surface area contributed by atoms with Crippen LogP contribution in [-0.4, -0.2) is 30.6 Å². The summed E-state index contributed by atoms with van der Waals surface area (Å²) in [6, 6.07) is 38.1. The summed E-state index contributed by atoms with van der Waals surface area (Å²) in [7, 11) is 3.34. The minimum atomic E-state index is 0. The molecule has 0 unspecified atom stereocenters. The van der Waals surface area contributed by atoms with Gasteiger partial charge in [0, 0.05) is 28.2 Å². The van der Waals surface area contributed by atoms with Gasteiger partial charge in [-0.05, 0) is 73.5 Å². The fourth-order valence-electron chi connectivity index (χ4n) is 4.43. The standard InChI is InChI=1S/C35H31N3O2.Fe/c1-24-22-28(39-3)18-20-30(24)37-34(26-12-7-5-8-13-26)32-16-11-17-33(36-32)35(27-14-9-6-10-15-27)38-31-21-19-29(40-4)23-25(31)2;/h5-23H,1-4H3;. The second-order valence-corrected chi connectivity index (χ2v) is 9.37. The van der Waals surface area contributed by atoms with Gasteiger partial charge >= 0.3 is 0 Å². The average Bonchev–Trinajstić information content (AvgIpc) is 3.00. The first kappa shape index (κ1) is 29.5. The molecule has 0 saturated carbocycles. The van der Waals surface area contributed by atoms with E-state index in [0.29, 0.717) is 0 Å². The van der Waals surface area contributed by atoms with Gasteiger partial charge in [-0.15, -0.1) is 0 Å². The van der Waals surface area contributed by atoms with E-state index in [1.807, 2.05) is 105 Å². The molecule has 5 nitrogen and oxygen atoms in total. The third-order valence-corrected chi connectivity index (χ3v) is 6.60. The number of aromatic nitrogens is 1. The number of pyridine rings is 1. The molecular formula is C35H31FeN3O2. The summed E-state index contributed by atoms with van der Waals surface area (Å²) in [6.45, 7) is 4.07. The number of methoxy groups -OCH3 is 2. The van der Waals surface area contributed by atoms with E-state index in [-0.39, 0.29) is 17.1 Å². The van der Waals surface area contributed by atoms with Crippen LogP contribution in [0.4, 0.5) is 11.4 Å². The second-order valence-electron chi connectivity index (χ2n) is 9.37. The summed E-state index contributed by atoms with van der Waals surface area (Å²) in [5.74, 6) is 1.60. The van der Waals surface area contributed by atoms with E-state index < -0.39 is 0 Å². The van der Waals surface area contributed by atoms with Gasteiger partial charge < -0.3 is 9.47 Å². The molecule has 5 rings (SSSR count). The molecule has 0 bridgehead atoms. The summed E-state index contributed by atoms with van der Waals surface area (Å²) in [5, 5.41) is 0. The Morgan fingerprint density at radius 2 is 0.951 bits per heavy atom. The molecule has 0 fully saturated rings. The zero-order valence-electron chi connectivity index (χ0n) is 23.5. The van der Waals surface area contributed by atoms with Crippen molar-refractivity contribution in [3.63, 3.8) is 0 Å². The largest absolute Gasteiger partial charge is 0.497 e. The number of hydrogen-bond acceptors (Lipinski definition) is 5. The number of nitrogens with zero attached hydrogens (tertiary/aromatic N) is 3. The molecule has 0 atom stereocenters. The fourth-order valence-corrected chi connectivity index (χ4v) is 4.43. The molecule has 6 heteroatoms. The van der Waals surface area contributed by atoms with Crippen molar-refractivity contribution in [2.45, 2.75) is 13.8 Å². The van der Waals surface area contributed by atoms with E-state index in [0.717, 1.165) is 67.9 Å². The van der Waals surface area contributed by atoms with Crippen LogP contribution in [0.5, 0.6) is 11.5 Å². The molecule has 206 valence electrons. The summed E-state index contributed by atoms with van der Waals surface area (Å²) in [4.78, 5) is 15.4. The van der Waals surface area contributed by atoms with Crippen molar-refractivity contribution >= 4 is 22.8 Å². The molecule has 0 spiro atoms. The molecule has 5 aromatic rings. The molecule has 0 amide bonds. The summed E-state index contributed by atoms with van der Waals surface area (Å²) < 4.78 is 10.8. The van der Waals surface area contributed by atoms with E-state index in [1.165, 1.54) is 0 Å². The zero-order chi connectivity index (χ0) is 27.9. The van der Waals surface area contributed by atoms with Gasteiger partial charge in [-0.2, -0.15) is 0 Å². The maximum Gasteiger partial charge on any atom is 0.119 e. The first-order chi connectivity index (χ1) is 19.6. The number of ether oxygens (including phenoxy) is 2. The third-order valence-electron chi connectivity index (χ3n) is 6.60. The van der Waals surface area contributed by atoms with E-state index in [2.05, 4.69) is 24.3 Å². The quantitative estimate of drug-likeness (QED) is 0.138. The number of hydrogen-bond donors (Lipinski definition) is 0. The van der Waals surface area contributed by atoms with E-state index in [9.17, 15) is 0 Å². The maximum atomic E-state index is 5.40. The van der Waals surface area contributed by atoms with Gasteiger partial charge in [-0.1, -0.05) is 66.7 Å². The molecule has 41 heavy (non-hydrogen) atoms. The van der Waals surface area contributed by atoms with Crippen molar-refractivity contribution in [3.05, 3.63) is 149 Å². The molecule has 0 radical (unpaired) electrons. The monoisotopic (exact) mass is 581 g/mol. The second kappa shape index (κ2) is 13.7. The van der Waals surface area contributed by atoms with Gasteiger partial charge in [0.15, 0.2) is 0 Å². The zero-order valence-corrected chi connectivity index (χ0v) is 24.6. The molecule has 4 aromatic carbocycles. The summed E-state index contributed by atoms with van der Waals surface area (Å²) >= 11 is 0. The van der Waals surface area contributed by atoms with Crippen molar-refractivity contribution in [2.24, 2.45) is 9.98 Å². The Balaban J connectivity index is 0.00000387. The first-order valence-corrected chi connectivity index (χ1v) is 13.1. The SMILES string of the molecule is COc1ccc(N=C(c2ccccc2)c2cccc(C(=Nc3ccc(OC)cc3C)c3ccccc3)n2)c(C)c1.[Fe]. The van der Waals surface area contributed by atoms with Crippen LogP contribution in [-0.2, 0) is 17.1 Å². The fraction of sp³-hybridized carbons (Fsp3) is 0.114. The van der Waals surface area contributed by atoms with Gasteiger partial charge in [0.2, 0.25) is 0 Å². The van der Waals surface area contributed by atoms with Crippen LogP contribution in [0.2, 0.25) is 0 Å². The third kappa shape index (κ3) is 6.98. The Kier molecular flexibility index (Phi) is 9.86. The van der Waals surface area contributed by atoms with Crippen molar-refractivity contribution in [1.82, 2.24) is 4.98 Å². The smallest absolute Gasteiger partial charge is 0.119 e. The molecule has 0 aliphatic rings. The Morgan fingerprint density at radius 3 is 1.32 bits per heavy atom. The van der Waals surface area contributed by atoms with Gasteiger partial charge in [0.25, 0.3) is 0 Å². The van der Waals surface area contributed by atoms with Crippen LogP contribution < -0.4 is 9.47 Å². The molecule has 0 aliphatic heterocycles. The van der Waals surface area contributed by atoms with Gasteiger partial charge in [-0.25, -0.2) is 15.0 Å². The average molecular weight is 581 g/mol. The Bertz CT molecular complexity index is 1560. The maximum absolute atomic E-state index is 5.40. The van der Waals surface area contributed by atoms with Crippen LogP contribution >= 0.6 is 0 Å². The normalized spacial score (nSPS) is 11.5. The van der Waals surface area contributed by atoms with Gasteiger partial charge in [0.1, 0.15) is 11.5 Å². The van der Waals surface area contributed by atoms with Crippen molar-refractivity contribution in [1.29, 1.82) is 0 Å². The number of aliphatic imine (C=N–C) groups is 2. The van der Waals surface area contributed by atoms with Crippen LogP contribution in [0.3, 0.4) is 0 Å². The number of benzene rings is 4. The minimum absolute atomic E-state index is 0. The van der Waals surface area contributed by atoms with Crippen LogP contribution in [0.25, 0.3) is 0 Å². The van der Waals surface area contributed by atoms with Gasteiger partial charge in [0.05, 0.1) is 48.4 Å². The van der Waals surface area contributed by atoms with Crippen molar-refractivity contribution < 1.29 is 26.5 Å². The van der Waals surface area contributed by atoms with Crippen molar-refractivity contribution in [3.8, 4) is 11.5 Å². The molecule has 1 heterocycles. The van der Waals surface area contributed by atoms with E-state index >= 15 is 0 Å². The summed E-state index contributed by atoms with van der Waals surface area (Å²) in [6.07, 6.45) is 0. The molecule has 0 saturated heterocycles. The predicted octanol–water partition coefficient (Wildman–Crippen LogP) is 8.05. The van der Waals surface area contributed by atoms with E-state index in [1.54, 1.807) is 14.2 Å². The Morgan fingerprint density at radius 1 is 0.537 bits per heavy atom. The Labute approximate surface area is 252 Å². The molecule has 0 aliphatic carbocycles. The molecular weight excluding hydrogens is 550 g/mol. The molecule has 0 N–H and O–H groups in total. The van der Waals surface area contributed by atoms with E-state index in [4.69, 9.17) is 24.4 Å². The minimum Gasteiger partial charge on any atom is -0.497 e. The van der Waals surface area contributed by atoms with Crippen molar-refractivity contribution in [2.75, 3.05) is 14.2 Å². The summed E-state index contributed by atoms with van der Waals surface area (Å²) in [5.41, 5.74) is 8.79.